The number of hydrogen-bond donors (Lipinski definition) is 0. The number of thiophene rings is 1. The Morgan fingerprint density at radius 1 is 1.44 bits per heavy atom. The van der Waals surface area contributed by atoms with Gasteiger partial charge in [-0.25, -0.2) is 0 Å². The summed E-state index contributed by atoms with van der Waals surface area (Å²) in [5.41, 5.74) is 1.37. The summed E-state index contributed by atoms with van der Waals surface area (Å²) in [4.78, 5) is 16.1. The van der Waals surface area contributed by atoms with Crippen LogP contribution in [0.25, 0.3) is 0 Å². The van der Waals surface area contributed by atoms with Crippen LogP contribution in [0.3, 0.4) is 0 Å². The zero-order chi connectivity index (χ0) is 13.0. The molecule has 1 aliphatic rings. The number of nitrogens with zero attached hydrogens (tertiary/aromatic N) is 2. The number of hydrogen-bond acceptors (Lipinski definition) is 3. The predicted octanol–water partition coefficient (Wildman–Crippen LogP) is 3.00. The first-order chi connectivity index (χ1) is 8.72. The molecule has 1 heterocycles. The molecule has 0 unspecified atom stereocenters. The van der Waals surface area contributed by atoms with Crippen molar-refractivity contribution in [2.45, 2.75) is 38.5 Å². The third-order valence-corrected chi connectivity index (χ3v) is 4.59. The van der Waals surface area contributed by atoms with Crippen LogP contribution in [0.5, 0.6) is 0 Å². The number of carbonyl (C=O) groups excluding carboxylic acids is 1. The SMILES string of the molecule is CN(CCC#N)C(=O)c1cc2c(s1)CCCCC2. The first kappa shape index (κ1) is 13.1. The molecule has 0 saturated heterocycles. The fourth-order valence-electron chi connectivity index (χ4n) is 2.28. The first-order valence-corrected chi connectivity index (χ1v) is 7.28. The minimum atomic E-state index is 0.0586. The van der Waals surface area contributed by atoms with E-state index in [2.05, 4.69) is 12.1 Å². The lowest BCUT2D eigenvalue weighted by atomic mass is 10.1. The van der Waals surface area contributed by atoms with Crippen molar-refractivity contribution in [3.63, 3.8) is 0 Å². The molecule has 0 aliphatic heterocycles. The third-order valence-electron chi connectivity index (χ3n) is 3.36. The fourth-order valence-corrected chi connectivity index (χ4v) is 3.53. The highest BCUT2D eigenvalue weighted by Gasteiger charge is 2.18. The van der Waals surface area contributed by atoms with Crippen molar-refractivity contribution >= 4 is 17.2 Å². The quantitative estimate of drug-likeness (QED) is 0.786. The molecule has 0 spiro atoms. The number of amides is 1. The molecular weight excluding hydrogens is 244 g/mol. The van der Waals surface area contributed by atoms with Gasteiger partial charge < -0.3 is 4.90 Å². The monoisotopic (exact) mass is 262 g/mol. The van der Waals surface area contributed by atoms with Gasteiger partial charge in [-0.15, -0.1) is 11.3 Å². The van der Waals surface area contributed by atoms with Crippen molar-refractivity contribution in [3.05, 3.63) is 21.4 Å². The Hall–Kier alpha value is -1.34. The summed E-state index contributed by atoms with van der Waals surface area (Å²) in [6, 6.07) is 4.14. The van der Waals surface area contributed by atoms with Gasteiger partial charge in [-0.05, 0) is 37.3 Å². The second-order valence-electron chi connectivity index (χ2n) is 4.75. The smallest absolute Gasteiger partial charge is 0.263 e. The van der Waals surface area contributed by atoms with Gasteiger partial charge in [0.25, 0.3) is 5.91 Å². The largest absolute Gasteiger partial charge is 0.340 e. The van der Waals surface area contributed by atoms with E-state index in [1.54, 1.807) is 23.3 Å². The maximum atomic E-state index is 12.2. The minimum Gasteiger partial charge on any atom is -0.340 e. The summed E-state index contributed by atoms with van der Waals surface area (Å²) in [5.74, 6) is 0.0586. The number of fused-ring (bicyclic) bond motifs is 1. The Bertz CT molecular complexity index is 449. The average molecular weight is 262 g/mol. The molecule has 0 bridgehead atoms. The maximum Gasteiger partial charge on any atom is 0.263 e. The minimum absolute atomic E-state index is 0.0586. The highest BCUT2D eigenvalue weighted by molar-refractivity contribution is 7.14. The molecule has 4 heteroatoms. The lowest BCUT2D eigenvalue weighted by molar-refractivity contribution is 0.0802. The van der Waals surface area contributed by atoms with E-state index in [1.165, 1.54) is 29.7 Å². The summed E-state index contributed by atoms with van der Waals surface area (Å²) < 4.78 is 0. The van der Waals surface area contributed by atoms with Crippen molar-refractivity contribution in [3.8, 4) is 6.07 Å². The summed E-state index contributed by atoms with van der Waals surface area (Å²) in [6.45, 7) is 0.512. The average Bonchev–Trinajstić information content (AvgIpc) is 2.66. The van der Waals surface area contributed by atoms with Crippen molar-refractivity contribution in [1.29, 1.82) is 5.26 Å². The van der Waals surface area contributed by atoms with Gasteiger partial charge in [0.2, 0.25) is 0 Å². The zero-order valence-corrected chi connectivity index (χ0v) is 11.6. The zero-order valence-electron chi connectivity index (χ0n) is 10.7. The maximum absolute atomic E-state index is 12.2. The normalized spacial score (nSPS) is 14.4. The first-order valence-electron chi connectivity index (χ1n) is 6.46. The van der Waals surface area contributed by atoms with Gasteiger partial charge in [0, 0.05) is 18.5 Å². The Balaban J connectivity index is 2.09. The second kappa shape index (κ2) is 6.01. The highest BCUT2D eigenvalue weighted by atomic mass is 32.1. The van der Waals surface area contributed by atoms with Gasteiger partial charge in [0.1, 0.15) is 0 Å². The van der Waals surface area contributed by atoms with E-state index in [1.807, 2.05) is 0 Å². The van der Waals surface area contributed by atoms with E-state index >= 15 is 0 Å². The second-order valence-corrected chi connectivity index (χ2v) is 5.89. The van der Waals surface area contributed by atoms with Gasteiger partial charge in [0.05, 0.1) is 17.4 Å². The van der Waals surface area contributed by atoms with Crippen LogP contribution < -0.4 is 0 Å². The van der Waals surface area contributed by atoms with Crippen molar-refractivity contribution in [2.24, 2.45) is 0 Å². The lowest BCUT2D eigenvalue weighted by Gasteiger charge is -2.13. The molecule has 1 amide bonds. The molecule has 1 aromatic rings. The van der Waals surface area contributed by atoms with E-state index in [0.29, 0.717) is 13.0 Å². The Morgan fingerprint density at radius 3 is 3.00 bits per heavy atom. The molecule has 3 nitrogen and oxygen atoms in total. The van der Waals surface area contributed by atoms with Crippen LogP contribution in [0, 0.1) is 11.3 Å². The number of aryl methyl sites for hydroxylation is 2. The Morgan fingerprint density at radius 2 is 2.22 bits per heavy atom. The molecule has 0 aromatic carbocycles. The molecule has 96 valence electrons. The van der Waals surface area contributed by atoms with E-state index in [-0.39, 0.29) is 5.91 Å². The Kier molecular flexibility index (Phi) is 4.38. The predicted molar refractivity (Wildman–Crippen MR) is 72.8 cm³/mol. The van der Waals surface area contributed by atoms with Crippen LogP contribution >= 0.6 is 11.3 Å². The number of nitriles is 1. The molecular formula is C14H18N2OS. The standard InChI is InChI=1S/C14H18N2OS/c1-16(9-5-8-15)14(17)13-10-11-6-3-2-4-7-12(11)18-13/h10H,2-7,9H2,1H3. The molecule has 18 heavy (non-hydrogen) atoms. The molecule has 0 radical (unpaired) electrons. The van der Waals surface area contributed by atoms with Gasteiger partial charge in [-0.3, -0.25) is 4.79 Å². The van der Waals surface area contributed by atoms with Crippen LogP contribution in [0.2, 0.25) is 0 Å². The molecule has 0 atom stereocenters. The summed E-state index contributed by atoms with van der Waals surface area (Å²) in [5, 5.41) is 8.55. The van der Waals surface area contributed by atoms with Crippen molar-refractivity contribution in [2.75, 3.05) is 13.6 Å². The van der Waals surface area contributed by atoms with Crippen LogP contribution in [-0.2, 0) is 12.8 Å². The molecule has 0 fully saturated rings. The van der Waals surface area contributed by atoms with Crippen LogP contribution in [0.4, 0.5) is 0 Å². The third kappa shape index (κ3) is 2.91. The fraction of sp³-hybridized carbons (Fsp3) is 0.571. The van der Waals surface area contributed by atoms with Gasteiger partial charge in [0.15, 0.2) is 0 Å². The topological polar surface area (TPSA) is 44.1 Å². The van der Waals surface area contributed by atoms with Crippen LogP contribution in [0.15, 0.2) is 6.07 Å². The van der Waals surface area contributed by atoms with Gasteiger partial charge in [-0.2, -0.15) is 5.26 Å². The molecule has 1 aliphatic carbocycles. The molecule has 1 aromatic heterocycles. The van der Waals surface area contributed by atoms with E-state index in [0.717, 1.165) is 17.7 Å². The summed E-state index contributed by atoms with van der Waals surface area (Å²) in [7, 11) is 1.77. The van der Waals surface area contributed by atoms with Gasteiger partial charge >= 0.3 is 0 Å². The van der Waals surface area contributed by atoms with E-state index < -0.39 is 0 Å². The van der Waals surface area contributed by atoms with E-state index in [9.17, 15) is 4.79 Å². The van der Waals surface area contributed by atoms with Crippen LogP contribution in [0.1, 0.15) is 45.8 Å². The van der Waals surface area contributed by atoms with E-state index in [4.69, 9.17) is 5.26 Å². The Labute approximate surface area is 112 Å². The molecule has 0 saturated carbocycles. The number of carbonyl (C=O) groups is 1. The number of rotatable bonds is 3. The van der Waals surface area contributed by atoms with Gasteiger partial charge in [-0.1, -0.05) is 6.42 Å². The lowest BCUT2D eigenvalue weighted by Crippen LogP contribution is -2.26. The molecule has 2 rings (SSSR count). The summed E-state index contributed by atoms with van der Waals surface area (Å²) in [6.07, 6.45) is 6.41. The van der Waals surface area contributed by atoms with Crippen molar-refractivity contribution < 1.29 is 4.79 Å². The summed E-state index contributed by atoms with van der Waals surface area (Å²) >= 11 is 1.64. The van der Waals surface area contributed by atoms with Crippen molar-refractivity contribution in [1.82, 2.24) is 4.90 Å². The highest BCUT2D eigenvalue weighted by Crippen LogP contribution is 2.29. The van der Waals surface area contributed by atoms with Crippen LogP contribution in [-0.4, -0.2) is 24.4 Å². The molecule has 0 N–H and O–H groups in total.